The summed E-state index contributed by atoms with van der Waals surface area (Å²) in [5, 5.41) is 12.9. The van der Waals surface area contributed by atoms with Gasteiger partial charge >= 0.3 is 5.97 Å². The average Bonchev–Trinajstić information content (AvgIpc) is 2.75. The Hall–Kier alpha value is -0.610. The molecule has 0 aromatic heterocycles. The summed E-state index contributed by atoms with van der Waals surface area (Å²) in [6.45, 7) is 5.77. The Kier molecular flexibility index (Phi) is 3.50. The summed E-state index contributed by atoms with van der Waals surface area (Å²) in [7, 11) is 0. The zero-order valence-corrected chi connectivity index (χ0v) is 10.0. The van der Waals surface area contributed by atoms with Crippen LogP contribution < -0.4 is 5.32 Å². The molecular weight excluding hydrogens is 204 g/mol. The number of rotatable bonds is 3. The molecule has 1 heterocycles. The fraction of sp³-hybridized carbons (Fsp3) is 0.917. The molecule has 0 amide bonds. The molecule has 1 saturated carbocycles. The first kappa shape index (κ1) is 11.9. The number of piperazine rings is 1. The Morgan fingerprint density at radius 1 is 1.50 bits per heavy atom. The van der Waals surface area contributed by atoms with Gasteiger partial charge in [-0.25, -0.2) is 0 Å². The summed E-state index contributed by atoms with van der Waals surface area (Å²) in [6, 6.07) is 0. The van der Waals surface area contributed by atoms with Gasteiger partial charge in [0.2, 0.25) is 0 Å². The Morgan fingerprint density at radius 2 is 2.19 bits per heavy atom. The van der Waals surface area contributed by atoms with Gasteiger partial charge in [0.05, 0.1) is 0 Å². The highest BCUT2D eigenvalue weighted by atomic mass is 16.4. The predicted molar refractivity (Wildman–Crippen MR) is 62.4 cm³/mol. The first-order valence-electron chi connectivity index (χ1n) is 6.38. The second kappa shape index (κ2) is 4.72. The van der Waals surface area contributed by atoms with Crippen molar-refractivity contribution < 1.29 is 9.90 Å². The van der Waals surface area contributed by atoms with E-state index in [9.17, 15) is 9.90 Å². The Balaban J connectivity index is 2.12. The first-order chi connectivity index (χ1) is 7.69. The molecule has 2 atom stereocenters. The Morgan fingerprint density at radius 3 is 2.69 bits per heavy atom. The number of carboxylic acid groups (broad SMARTS) is 1. The summed E-state index contributed by atoms with van der Waals surface area (Å²) in [5.41, 5.74) is -0.553. The van der Waals surface area contributed by atoms with Crippen LogP contribution in [0, 0.1) is 5.92 Å². The lowest BCUT2D eigenvalue weighted by molar-refractivity contribution is -0.152. The summed E-state index contributed by atoms with van der Waals surface area (Å²) >= 11 is 0. The maximum Gasteiger partial charge on any atom is 0.324 e. The molecule has 0 aromatic rings. The maximum atomic E-state index is 11.6. The number of hydrogen-bond acceptors (Lipinski definition) is 3. The molecule has 2 fully saturated rings. The molecule has 1 saturated heterocycles. The van der Waals surface area contributed by atoms with E-state index in [1.165, 1.54) is 0 Å². The molecule has 0 bridgehead atoms. The molecule has 16 heavy (non-hydrogen) atoms. The van der Waals surface area contributed by atoms with Crippen LogP contribution in [0.4, 0.5) is 0 Å². The second-order valence-electron chi connectivity index (χ2n) is 5.09. The van der Waals surface area contributed by atoms with Crippen molar-refractivity contribution in [3.8, 4) is 0 Å². The number of nitrogens with one attached hydrogen (secondary N) is 1. The number of carboxylic acids is 1. The van der Waals surface area contributed by atoms with Crippen LogP contribution in [0.1, 0.15) is 32.6 Å². The minimum atomic E-state index is -0.606. The molecule has 4 heteroatoms. The number of hydrogen-bond donors (Lipinski definition) is 2. The van der Waals surface area contributed by atoms with E-state index in [0.717, 1.165) is 51.9 Å². The van der Waals surface area contributed by atoms with Crippen LogP contribution in [-0.2, 0) is 4.79 Å². The lowest BCUT2D eigenvalue weighted by Gasteiger charge is -2.40. The van der Waals surface area contributed by atoms with E-state index in [2.05, 4.69) is 17.1 Å². The minimum Gasteiger partial charge on any atom is -0.480 e. The van der Waals surface area contributed by atoms with E-state index in [1.54, 1.807) is 0 Å². The van der Waals surface area contributed by atoms with E-state index in [0.29, 0.717) is 5.92 Å². The normalized spacial score (nSPS) is 36.4. The molecular formula is C12H22N2O2. The molecule has 1 aliphatic carbocycles. The molecule has 0 spiro atoms. The third-order valence-electron chi connectivity index (χ3n) is 4.29. The Labute approximate surface area is 97.0 Å². The van der Waals surface area contributed by atoms with E-state index < -0.39 is 11.5 Å². The zero-order valence-electron chi connectivity index (χ0n) is 10.0. The first-order valence-corrected chi connectivity index (χ1v) is 6.38. The van der Waals surface area contributed by atoms with Gasteiger partial charge in [0.25, 0.3) is 0 Å². The van der Waals surface area contributed by atoms with E-state index in [1.807, 2.05) is 0 Å². The lowest BCUT2D eigenvalue weighted by atomic mass is 9.92. The van der Waals surface area contributed by atoms with Crippen LogP contribution in [0.25, 0.3) is 0 Å². The molecule has 0 radical (unpaired) electrons. The van der Waals surface area contributed by atoms with Crippen molar-refractivity contribution in [1.29, 1.82) is 0 Å². The van der Waals surface area contributed by atoms with E-state index in [4.69, 9.17) is 0 Å². The van der Waals surface area contributed by atoms with Crippen LogP contribution in [0.5, 0.6) is 0 Å². The number of aliphatic carboxylic acids is 1. The van der Waals surface area contributed by atoms with Gasteiger partial charge in [-0.05, 0) is 25.2 Å². The molecule has 2 rings (SSSR count). The molecule has 2 unspecified atom stereocenters. The van der Waals surface area contributed by atoms with Crippen molar-refractivity contribution in [2.75, 3.05) is 26.2 Å². The topological polar surface area (TPSA) is 52.6 Å². The van der Waals surface area contributed by atoms with Gasteiger partial charge < -0.3 is 10.4 Å². The van der Waals surface area contributed by atoms with E-state index in [-0.39, 0.29) is 0 Å². The van der Waals surface area contributed by atoms with Gasteiger partial charge in [-0.1, -0.05) is 13.3 Å². The van der Waals surface area contributed by atoms with Gasteiger partial charge in [-0.3, -0.25) is 9.69 Å². The molecule has 0 aromatic carbocycles. The standard InChI is InChI=1S/C12H22N2O2/c1-2-10-3-4-12(9-10,11(15)16)14-7-5-13-6-8-14/h10,13H,2-9H2,1H3,(H,15,16). The van der Waals surface area contributed by atoms with Gasteiger partial charge in [0.15, 0.2) is 0 Å². The van der Waals surface area contributed by atoms with Crippen molar-refractivity contribution in [2.24, 2.45) is 5.92 Å². The number of nitrogens with zero attached hydrogens (tertiary/aromatic N) is 1. The van der Waals surface area contributed by atoms with Crippen molar-refractivity contribution in [3.05, 3.63) is 0 Å². The summed E-state index contributed by atoms with van der Waals surface area (Å²) < 4.78 is 0. The Bertz CT molecular complexity index is 264. The van der Waals surface area contributed by atoms with Gasteiger partial charge in [0, 0.05) is 26.2 Å². The smallest absolute Gasteiger partial charge is 0.324 e. The van der Waals surface area contributed by atoms with E-state index >= 15 is 0 Å². The van der Waals surface area contributed by atoms with Gasteiger partial charge in [0.1, 0.15) is 5.54 Å². The highest BCUT2D eigenvalue weighted by molar-refractivity contribution is 5.79. The quantitative estimate of drug-likeness (QED) is 0.751. The largest absolute Gasteiger partial charge is 0.480 e. The average molecular weight is 226 g/mol. The summed E-state index contributed by atoms with van der Waals surface area (Å²) in [6.07, 6.45) is 3.87. The third kappa shape index (κ3) is 1.96. The highest BCUT2D eigenvalue weighted by Crippen LogP contribution is 2.40. The lowest BCUT2D eigenvalue weighted by Crippen LogP contribution is -2.59. The second-order valence-corrected chi connectivity index (χ2v) is 5.09. The minimum absolute atomic E-state index is 0.553. The van der Waals surface area contributed by atoms with Gasteiger partial charge in [-0.15, -0.1) is 0 Å². The monoisotopic (exact) mass is 226 g/mol. The maximum absolute atomic E-state index is 11.6. The summed E-state index contributed by atoms with van der Waals surface area (Å²) in [5.74, 6) is -0.00339. The van der Waals surface area contributed by atoms with Crippen LogP contribution in [-0.4, -0.2) is 47.7 Å². The molecule has 92 valence electrons. The van der Waals surface area contributed by atoms with Crippen LogP contribution in [0.3, 0.4) is 0 Å². The highest BCUT2D eigenvalue weighted by Gasteiger charge is 2.49. The number of carbonyl (C=O) groups is 1. The summed E-state index contributed by atoms with van der Waals surface area (Å²) in [4.78, 5) is 13.8. The zero-order chi connectivity index (χ0) is 11.6. The molecule has 2 aliphatic rings. The van der Waals surface area contributed by atoms with Crippen molar-refractivity contribution >= 4 is 5.97 Å². The molecule has 4 nitrogen and oxygen atoms in total. The van der Waals surface area contributed by atoms with Crippen LogP contribution >= 0.6 is 0 Å². The van der Waals surface area contributed by atoms with Crippen LogP contribution in [0.15, 0.2) is 0 Å². The van der Waals surface area contributed by atoms with Crippen LogP contribution in [0.2, 0.25) is 0 Å². The van der Waals surface area contributed by atoms with Crippen molar-refractivity contribution in [3.63, 3.8) is 0 Å². The fourth-order valence-corrected chi connectivity index (χ4v) is 3.18. The third-order valence-corrected chi connectivity index (χ3v) is 4.29. The SMILES string of the molecule is CCC1CCC(C(=O)O)(N2CCNCC2)C1. The predicted octanol–water partition coefficient (Wildman–Crippen LogP) is 0.925. The molecule has 1 aliphatic heterocycles. The molecule has 2 N–H and O–H groups in total. The van der Waals surface area contributed by atoms with Crippen molar-refractivity contribution in [2.45, 2.75) is 38.1 Å². The van der Waals surface area contributed by atoms with Gasteiger partial charge in [-0.2, -0.15) is 0 Å². The van der Waals surface area contributed by atoms with Crippen molar-refractivity contribution in [1.82, 2.24) is 10.2 Å². The fourth-order valence-electron chi connectivity index (χ4n) is 3.18.